The number of anilines is 4. The van der Waals surface area contributed by atoms with Crippen molar-refractivity contribution in [2.45, 2.75) is 0 Å². The van der Waals surface area contributed by atoms with Crippen molar-refractivity contribution >= 4 is 23.3 Å². The van der Waals surface area contributed by atoms with Crippen LogP contribution >= 0.6 is 0 Å². The largest absolute Gasteiger partial charge is 0.313 e. The van der Waals surface area contributed by atoms with Gasteiger partial charge < -0.3 is 15.8 Å². The van der Waals surface area contributed by atoms with Gasteiger partial charge in [0.2, 0.25) is 5.95 Å². The lowest BCUT2D eigenvalue weighted by molar-refractivity contribution is 1.03. The molecule has 0 spiro atoms. The molecule has 18 heavy (non-hydrogen) atoms. The monoisotopic (exact) mass is 245 g/mol. The predicted octanol–water partition coefficient (Wildman–Crippen LogP) is 0.816. The van der Waals surface area contributed by atoms with Crippen LogP contribution in [0.15, 0.2) is 36.4 Å². The van der Waals surface area contributed by atoms with Crippen LogP contribution in [-0.4, -0.2) is 17.0 Å². The molecule has 0 amide bonds. The van der Waals surface area contributed by atoms with Gasteiger partial charge in [0.25, 0.3) is 0 Å². The van der Waals surface area contributed by atoms with Crippen molar-refractivity contribution in [3.05, 3.63) is 36.4 Å². The van der Waals surface area contributed by atoms with E-state index in [-0.39, 0.29) is 0 Å². The number of nitrogen functional groups attached to an aromatic ring is 2. The Bertz CT molecular complexity index is 492. The molecule has 7 nitrogen and oxygen atoms in total. The Morgan fingerprint density at radius 2 is 1.56 bits per heavy atom. The van der Waals surface area contributed by atoms with E-state index in [4.69, 9.17) is 11.7 Å². The summed E-state index contributed by atoms with van der Waals surface area (Å²) in [5.74, 6) is 12.2. The van der Waals surface area contributed by atoms with Gasteiger partial charge in [0.1, 0.15) is 11.6 Å². The molecular weight excluding hydrogens is 230 g/mol. The molecule has 0 unspecified atom stereocenters. The van der Waals surface area contributed by atoms with Gasteiger partial charge in [-0.2, -0.15) is 9.97 Å². The third kappa shape index (κ3) is 2.47. The van der Waals surface area contributed by atoms with E-state index in [1.807, 2.05) is 42.3 Å². The molecule has 94 valence electrons. The third-order valence-corrected chi connectivity index (χ3v) is 2.45. The zero-order valence-electron chi connectivity index (χ0n) is 9.96. The first-order chi connectivity index (χ1) is 8.74. The van der Waals surface area contributed by atoms with E-state index in [0.29, 0.717) is 17.6 Å². The van der Waals surface area contributed by atoms with Gasteiger partial charge in [0.05, 0.1) is 0 Å². The lowest BCUT2D eigenvalue weighted by atomic mass is 10.3. The molecule has 1 aromatic heterocycles. The normalized spacial score (nSPS) is 9.94. The first-order valence-electron chi connectivity index (χ1n) is 5.35. The molecule has 2 rings (SSSR count). The Labute approximate surface area is 105 Å². The minimum atomic E-state index is 0.482. The summed E-state index contributed by atoms with van der Waals surface area (Å²) in [5.41, 5.74) is 5.92. The van der Waals surface area contributed by atoms with Gasteiger partial charge in [0, 0.05) is 18.8 Å². The lowest BCUT2D eigenvalue weighted by Gasteiger charge is -2.18. The summed E-state index contributed by atoms with van der Waals surface area (Å²) in [6.45, 7) is 0. The highest BCUT2D eigenvalue weighted by atomic mass is 15.3. The number of rotatable bonds is 4. The molecule has 0 radical (unpaired) electrons. The highest BCUT2D eigenvalue weighted by Gasteiger charge is 2.09. The molecule has 0 saturated carbocycles. The van der Waals surface area contributed by atoms with Gasteiger partial charge in [-0.05, 0) is 12.1 Å². The van der Waals surface area contributed by atoms with E-state index in [1.165, 1.54) is 0 Å². The fourth-order valence-corrected chi connectivity index (χ4v) is 1.50. The molecule has 1 heterocycles. The maximum Gasteiger partial charge on any atom is 0.233 e. The van der Waals surface area contributed by atoms with Crippen LogP contribution in [0.1, 0.15) is 0 Å². The van der Waals surface area contributed by atoms with E-state index in [2.05, 4.69) is 20.8 Å². The van der Waals surface area contributed by atoms with Crippen molar-refractivity contribution in [2.24, 2.45) is 11.7 Å². The van der Waals surface area contributed by atoms with Crippen molar-refractivity contribution in [1.82, 2.24) is 9.97 Å². The van der Waals surface area contributed by atoms with Crippen LogP contribution in [0, 0.1) is 0 Å². The Morgan fingerprint density at radius 3 is 2.06 bits per heavy atom. The van der Waals surface area contributed by atoms with Crippen molar-refractivity contribution in [3.63, 3.8) is 0 Å². The Balaban J connectivity index is 2.38. The number of hydrogen-bond acceptors (Lipinski definition) is 7. The van der Waals surface area contributed by atoms with Crippen LogP contribution in [0.4, 0.5) is 23.3 Å². The van der Waals surface area contributed by atoms with Gasteiger partial charge in [-0.25, -0.2) is 11.7 Å². The predicted molar refractivity (Wildman–Crippen MR) is 72.2 cm³/mol. The number of nitrogens with one attached hydrogen (secondary N) is 2. The minimum absolute atomic E-state index is 0.482. The van der Waals surface area contributed by atoms with Crippen LogP contribution < -0.4 is 27.4 Å². The van der Waals surface area contributed by atoms with Gasteiger partial charge in [0.15, 0.2) is 0 Å². The second kappa shape index (κ2) is 5.30. The number of nitrogens with two attached hydrogens (primary N) is 2. The zero-order valence-corrected chi connectivity index (χ0v) is 9.96. The van der Waals surface area contributed by atoms with Crippen LogP contribution in [0.3, 0.4) is 0 Å². The first-order valence-corrected chi connectivity index (χ1v) is 5.35. The molecule has 0 aliphatic rings. The second-order valence-corrected chi connectivity index (χ2v) is 3.62. The molecular formula is C11H15N7. The number of nitrogens with zero attached hydrogens (tertiary/aromatic N) is 3. The summed E-state index contributed by atoms with van der Waals surface area (Å²) in [7, 11) is 1.87. The smallest absolute Gasteiger partial charge is 0.233 e. The number of benzene rings is 1. The number of hydrogen-bond donors (Lipinski definition) is 4. The van der Waals surface area contributed by atoms with Gasteiger partial charge in [-0.3, -0.25) is 0 Å². The summed E-state index contributed by atoms with van der Waals surface area (Å²) >= 11 is 0. The standard InChI is InChI=1S/C11H15N7/c1-18(8-5-3-2-4-6-8)11-14-9(16-12)7-10(15-11)17-13/h2-7H,12-13H2,1H3,(H2,14,15,16,17). The van der Waals surface area contributed by atoms with Crippen LogP contribution in [-0.2, 0) is 0 Å². The van der Waals surface area contributed by atoms with Crippen molar-refractivity contribution < 1.29 is 0 Å². The summed E-state index contributed by atoms with van der Waals surface area (Å²) in [4.78, 5) is 10.4. The first kappa shape index (κ1) is 12.1. The molecule has 1 aromatic carbocycles. The molecule has 0 saturated heterocycles. The van der Waals surface area contributed by atoms with Crippen LogP contribution in [0.2, 0.25) is 0 Å². The van der Waals surface area contributed by atoms with Crippen molar-refractivity contribution in [3.8, 4) is 0 Å². The summed E-state index contributed by atoms with van der Waals surface area (Å²) in [6.07, 6.45) is 0. The highest BCUT2D eigenvalue weighted by molar-refractivity contribution is 5.60. The van der Waals surface area contributed by atoms with Gasteiger partial charge >= 0.3 is 0 Å². The van der Waals surface area contributed by atoms with Gasteiger partial charge in [-0.15, -0.1) is 0 Å². The van der Waals surface area contributed by atoms with E-state index >= 15 is 0 Å². The molecule has 0 fully saturated rings. The second-order valence-electron chi connectivity index (χ2n) is 3.62. The van der Waals surface area contributed by atoms with Crippen LogP contribution in [0.5, 0.6) is 0 Å². The van der Waals surface area contributed by atoms with Crippen molar-refractivity contribution in [2.75, 3.05) is 22.8 Å². The zero-order chi connectivity index (χ0) is 13.0. The SMILES string of the molecule is CN(c1ccccc1)c1nc(NN)cc(NN)n1. The maximum atomic E-state index is 5.35. The minimum Gasteiger partial charge on any atom is -0.313 e. The summed E-state index contributed by atoms with van der Waals surface area (Å²) in [6, 6.07) is 11.4. The lowest BCUT2D eigenvalue weighted by Crippen LogP contribution is -2.18. The quantitative estimate of drug-likeness (QED) is 0.466. The maximum absolute atomic E-state index is 5.35. The third-order valence-electron chi connectivity index (χ3n) is 2.45. The number of aromatic nitrogens is 2. The summed E-state index contributed by atoms with van der Waals surface area (Å²) in [5, 5.41) is 0. The molecule has 0 aliphatic heterocycles. The number of hydrazine groups is 2. The average molecular weight is 245 g/mol. The van der Waals surface area contributed by atoms with E-state index in [1.54, 1.807) is 6.07 Å². The van der Waals surface area contributed by atoms with E-state index in [9.17, 15) is 0 Å². The molecule has 6 N–H and O–H groups in total. The van der Waals surface area contributed by atoms with E-state index in [0.717, 1.165) is 5.69 Å². The molecule has 0 atom stereocenters. The average Bonchev–Trinajstić information content (AvgIpc) is 2.46. The Kier molecular flexibility index (Phi) is 3.56. The topological polar surface area (TPSA) is 105 Å². The van der Waals surface area contributed by atoms with Crippen LogP contribution in [0.25, 0.3) is 0 Å². The van der Waals surface area contributed by atoms with Crippen molar-refractivity contribution in [1.29, 1.82) is 0 Å². The Morgan fingerprint density at radius 1 is 1.00 bits per heavy atom. The molecule has 7 heteroatoms. The molecule has 2 aromatic rings. The van der Waals surface area contributed by atoms with E-state index < -0.39 is 0 Å². The molecule has 0 bridgehead atoms. The highest BCUT2D eigenvalue weighted by Crippen LogP contribution is 2.22. The number of para-hydroxylation sites is 1. The Hall–Kier alpha value is -2.38. The fourth-order valence-electron chi connectivity index (χ4n) is 1.50. The fraction of sp³-hybridized carbons (Fsp3) is 0.0909. The summed E-state index contributed by atoms with van der Waals surface area (Å²) < 4.78 is 0. The molecule has 0 aliphatic carbocycles. The van der Waals surface area contributed by atoms with Gasteiger partial charge in [-0.1, -0.05) is 18.2 Å².